The predicted octanol–water partition coefficient (Wildman–Crippen LogP) is 2.37. The number of carbonyl (C=O) groups is 1. The monoisotopic (exact) mass is 294 g/mol. The molecule has 0 unspecified atom stereocenters. The number of hydrogen-bond donors (Lipinski definition) is 1. The molecule has 5 heteroatoms. The lowest BCUT2D eigenvalue weighted by molar-refractivity contribution is 0.0971. The molecule has 0 heterocycles. The van der Waals surface area contributed by atoms with Crippen LogP contribution in [-0.4, -0.2) is 42.7 Å². The van der Waals surface area contributed by atoms with Crippen LogP contribution >= 0.6 is 12.2 Å². The van der Waals surface area contributed by atoms with E-state index < -0.39 is 0 Å². The van der Waals surface area contributed by atoms with E-state index in [2.05, 4.69) is 12.2 Å². The van der Waals surface area contributed by atoms with Crippen molar-refractivity contribution >= 4 is 23.2 Å². The van der Waals surface area contributed by atoms with Crippen molar-refractivity contribution in [1.29, 1.82) is 0 Å². The van der Waals surface area contributed by atoms with E-state index in [1.807, 2.05) is 24.0 Å². The average Bonchev–Trinajstić information content (AvgIpc) is 2.43. The molecule has 4 nitrogen and oxygen atoms in total. The van der Waals surface area contributed by atoms with E-state index in [-0.39, 0.29) is 5.91 Å². The third kappa shape index (κ3) is 5.27. The van der Waals surface area contributed by atoms with E-state index >= 15 is 0 Å². The standard InChI is InChI=1S/C15H22N2O2S/c1-4-9-17(10-11-19-3)15(20)16-14(18)13-7-5-12(2)6-8-13/h5-8H,4,9-11H2,1-3H3,(H,16,18,20). The third-order valence-electron chi connectivity index (χ3n) is 2.88. The number of rotatable bonds is 6. The zero-order valence-corrected chi connectivity index (χ0v) is 13.1. The first-order chi connectivity index (χ1) is 9.58. The molecule has 20 heavy (non-hydrogen) atoms. The number of ether oxygens (including phenoxy) is 1. The minimum Gasteiger partial charge on any atom is -0.383 e. The molecular weight excluding hydrogens is 272 g/mol. The molecule has 1 aromatic carbocycles. The highest BCUT2D eigenvalue weighted by molar-refractivity contribution is 7.80. The van der Waals surface area contributed by atoms with E-state index in [9.17, 15) is 4.79 Å². The van der Waals surface area contributed by atoms with Gasteiger partial charge in [0, 0.05) is 25.8 Å². The summed E-state index contributed by atoms with van der Waals surface area (Å²) in [5.41, 5.74) is 1.73. The summed E-state index contributed by atoms with van der Waals surface area (Å²) in [7, 11) is 1.65. The second kappa shape index (κ2) is 8.66. The molecule has 0 fully saturated rings. The minimum absolute atomic E-state index is 0.173. The van der Waals surface area contributed by atoms with Crippen LogP contribution in [0.15, 0.2) is 24.3 Å². The lowest BCUT2D eigenvalue weighted by Gasteiger charge is -2.24. The molecule has 0 bridgehead atoms. The summed E-state index contributed by atoms with van der Waals surface area (Å²) in [5.74, 6) is -0.173. The highest BCUT2D eigenvalue weighted by Gasteiger charge is 2.13. The van der Waals surface area contributed by atoms with Gasteiger partial charge < -0.3 is 9.64 Å². The van der Waals surface area contributed by atoms with Crippen molar-refractivity contribution in [3.05, 3.63) is 35.4 Å². The molecule has 110 valence electrons. The maximum Gasteiger partial charge on any atom is 0.257 e. The second-order valence-electron chi connectivity index (χ2n) is 4.61. The zero-order valence-electron chi connectivity index (χ0n) is 12.3. The third-order valence-corrected chi connectivity index (χ3v) is 3.24. The Bertz CT molecular complexity index is 446. The molecule has 0 aliphatic heterocycles. The molecule has 0 spiro atoms. The Morgan fingerprint density at radius 1 is 1.30 bits per heavy atom. The van der Waals surface area contributed by atoms with Gasteiger partial charge in [-0.05, 0) is 37.7 Å². The van der Waals surface area contributed by atoms with Gasteiger partial charge in [0.1, 0.15) is 0 Å². The first kappa shape index (κ1) is 16.6. The van der Waals surface area contributed by atoms with Crippen molar-refractivity contribution in [2.45, 2.75) is 20.3 Å². The van der Waals surface area contributed by atoms with Crippen LogP contribution in [0.25, 0.3) is 0 Å². The lowest BCUT2D eigenvalue weighted by atomic mass is 10.1. The highest BCUT2D eigenvalue weighted by atomic mass is 32.1. The van der Waals surface area contributed by atoms with Crippen molar-refractivity contribution in [2.75, 3.05) is 26.8 Å². The molecule has 1 N–H and O–H groups in total. The van der Waals surface area contributed by atoms with Crippen LogP contribution in [0.4, 0.5) is 0 Å². The van der Waals surface area contributed by atoms with Crippen molar-refractivity contribution in [2.24, 2.45) is 0 Å². The Morgan fingerprint density at radius 3 is 2.50 bits per heavy atom. The molecule has 0 saturated carbocycles. The molecule has 0 aliphatic rings. The summed E-state index contributed by atoms with van der Waals surface area (Å²) in [6, 6.07) is 7.42. The van der Waals surface area contributed by atoms with Gasteiger partial charge in [0.25, 0.3) is 5.91 Å². The molecule has 1 aromatic rings. The SMILES string of the molecule is CCCN(CCOC)C(=S)NC(=O)c1ccc(C)cc1. The topological polar surface area (TPSA) is 41.6 Å². The summed E-state index contributed by atoms with van der Waals surface area (Å²) in [6.45, 7) is 6.12. The van der Waals surface area contributed by atoms with Gasteiger partial charge in [-0.3, -0.25) is 10.1 Å². The first-order valence-electron chi connectivity index (χ1n) is 6.74. The fourth-order valence-corrected chi connectivity index (χ4v) is 2.01. The van der Waals surface area contributed by atoms with Crippen LogP contribution in [-0.2, 0) is 4.74 Å². The van der Waals surface area contributed by atoms with Crippen molar-refractivity contribution in [3.8, 4) is 0 Å². The quantitative estimate of drug-likeness (QED) is 0.818. The number of aryl methyl sites for hydroxylation is 1. The van der Waals surface area contributed by atoms with Crippen molar-refractivity contribution < 1.29 is 9.53 Å². The maximum absolute atomic E-state index is 12.1. The average molecular weight is 294 g/mol. The Hall–Kier alpha value is -1.46. The van der Waals surface area contributed by atoms with Crippen LogP contribution in [0.5, 0.6) is 0 Å². The Morgan fingerprint density at radius 2 is 1.95 bits per heavy atom. The Balaban J connectivity index is 2.62. The summed E-state index contributed by atoms with van der Waals surface area (Å²) >= 11 is 5.29. The number of thiocarbonyl (C=S) groups is 1. The summed E-state index contributed by atoms with van der Waals surface area (Å²) < 4.78 is 5.06. The lowest BCUT2D eigenvalue weighted by Crippen LogP contribution is -2.44. The molecule has 0 radical (unpaired) electrons. The van der Waals surface area contributed by atoms with Gasteiger partial charge in [0.2, 0.25) is 0 Å². The summed E-state index contributed by atoms with van der Waals surface area (Å²) in [6.07, 6.45) is 0.963. The van der Waals surface area contributed by atoms with Crippen LogP contribution < -0.4 is 5.32 Å². The van der Waals surface area contributed by atoms with E-state index in [1.165, 1.54) is 0 Å². The minimum atomic E-state index is -0.173. The van der Waals surface area contributed by atoms with Gasteiger partial charge in [0.05, 0.1) is 6.61 Å². The zero-order chi connectivity index (χ0) is 15.0. The molecule has 1 rings (SSSR count). The van der Waals surface area contributed by atoms with Gasteiger partial charge in [0.15, 0.2) is 5.11 Å². The number of carbonyl (C=O) groups excluding carboxylic acids is 1. The Labute approximate surface area is 126 Å². The van der Waals surface area contributed by atoms with Gasteiger partial charge >= 0.3 is 0 Å². The molecule has 0 aromatic heterocycles. The number of benzene rings is 1. The van der Waals surface area contributed by atoms with Gasteiger partial charge in [-0.1, -0.05) is 24.6 Å². The molecule has 1 amide bonds. The van der Waals surface area contributed by atoms with Gasteiger partial charge in [-0.25, -0.2) is 0 Å². The van der Waals surface area contributed by atoms with E-state index in [0.29, 0.717) is 23.8 Å². The summed E-state index contributed by atoms with van der Waals surface area (Å²) in [5, 5.41) is 3.23. The number of hydrogen-bond acceptors (Lipinski definition) is 3. The maximum atomic E-state index is 12.1. The van der Waals surface area contributed by atoms with Crippen LogP contribution in [0.1, 0.15) is 29.3 Å². The van der Waals surface area contributed by atoms with Crippen LogP contribution in [0, 0.1) is 6.92 Å². The molecule has 0 aliphatic carbocycles. The molecule has 0 atom stereocenters. The smallest absolute Gasteiger partial charge is 0.257 e. The fraction of sp³-hybridized carbons (Fsp3) is 0.467. The first-order valence-corrected chi connectivity index (χ1v) is 7.15. The fourth-order valence-electron chi connectivity index (χ4n) is 1.74. The number of nitrogens with one attached hydrogen (secondary N) is 1. The van der Waals surface area contributed by atoms with Crippen molar-refractivity contribution in [1.82, 2.24) is 10.2 Å². The van der Waals surface area contributed by atoms with Crippen LogP contribution in [0.3, 0.4) is 0 Å². The van der Waals surface area contributed by atoms with Crippen molar-refractivity contribution in [3.63, 3.8) is 0 Å². The number of nitrogens with zero attached hydrogens (tertiary/aromatic N) is 1. The normalized spacial score (nSPS) is 10.2. The van der Waals surface area contributed by atoms with Crippen LogP contribution in [0.2, 0.25) is 0 Å². The molecule has 0 saturated heterocycles. The summed E-state index contributed by atoms with van der Waals surface area (Å²) in [4.78, 5) is 14.0. The Kier molecular flexibility index (Phi) is 7.18. The number of amides is 1. The molecular formula is C15H22N2O2S. The number of methoxy groups -OCH3 is 1. The predicted molar refractivity (Wildman–Crippen MR) is 85.0 cm³/mol. The second-order valence-corrected chi connectivity index (χ2v) is 4.99. The van der Waals surface area contributed by atoms with E-state index in [1.54, 1.807) is 19.2 Å². The van der Waals surface area contributed by atoms with Gasteiger partial charge in [-0.15, -0.1) is 0 Å². The van der Waals surface area contributed by atoms with E-state index in [4.69, 9.17) is 17.0 Å². The van der Waals surface area contributed by atoms with Gasteiger partial charge in [-0.2, -0.15) is 0 Å². The largest absolute Gasteiger partial charge is 0.383 e. The highest BCUT2D eigenvalue weighted by Crippen LogP contribution is 2.03. The van der Waals surface area contributed by atoms with E-state index in [0.717, 1.165) is 18.5 Å².